The highest BCUT2D eigenvalue weighted by Gasteiger charge is 2.11. The Morgan fingerprint density at radius 2 is 1.86 bits per heavy atom. The van der Waals surface area contributed by atoms with E-state index >= 15 is 0 Å². The number of hydrogen-bond donors (Lipinski definition) is 0. The first-order chi connectivity index (χ1) is 9.95. The van der Waals surface area contributed by atoms with Crippen molar-refractivity contribution in [1.82, 2.24) is 9.88 Å². The number of likely N-dealkylation sites (N-methyl/N-ethyl adjacent to an activating group) is 1. The van der Waals surface area contributed by atoms with Crippen molar-refractivity contribution >= 4 is 29.1 Å². The Bertz CT molecular complexity index is 641. The summed E-state index contributed by atoms with van der Waals surface area (Å²) in [5.41, 5.74) is 2.80. The van der Waals surface area contributed by atoms with E-state index in [0.717, 1.165) is 16.8 Å². The van der Waals surface area contributed by atoms with Crippen LogP contribution >= 0.6 is 23.2 Å². The van der Waals surface area contributed by atoms with Gasteiger partial charge in [0.2, 0.25) is 5.91 Å². The van der Waals surface area contributed by atoms with E-state index < -0.39 is 0 Å². The van der Waals surface area contributed by atoms with Crippen molar-refractivity contribution in [3.63, 3.8) is 0 Å². The zero-order valence-corrected chi connectivity index (χ0v) is 13.4. The molecule has 2 aromatic rings. The summed E-state index contributed by atoms with van der Waals surface area (Å²) in [5.74, 6) is 0.0340. The second-order valence-electron chi connectivity index (χ2n) is 4.98. The first-order valence-electron chi connectivity index (χ1n) is 6.55. The van der Waals surface area contributed by atoms with E-state index in [9.17, 15) is 4.79 Å². The molecule has 1 aromatic heterocycles. The number of aromatic nitrogens is 1. The molecule has 0 saturated heterocycles. The van der Waals surface area contributed by atoms with Crippen molar-refractivity contribution in [3.8, 4) is 0 Å². The van der Waals surface area contributed by atoms with E-state index in [1.807, 2.05) is 25.1 Å². The maximum absolute atomic E-state index is 12.2. The van der Waals surface area contributed by atoms with Crippen LogP contribution in [-0.2, 0) is 17.8 Å². The van der Waals surface area contributed by atoms with Crippen LogP contribution in [0.4, 0.5) is 0 Å². The number of nitrogens with zero attached hydrogens (tertiary/aromatic N) is 2. The van der Waals surface area contributed by atoms with E-state index in [1.165, 1.54) is 0 Å². The molecule has 0 saturated carbocycles. The summed E-state index contributed by atoms with van der Waals surface area (Å²) in [6, 6.07) is 9.21. The smallest absolute Gasteiger partial charge is 0.227 e. The van der Waals surface area contributed by atoms with Crippen LogP contribution < -0.4 is 0 Å². The zero-order valence-electron chi connectivity index (χ0n) is 11.9. The molecule has 21 heavy (non-hydrogen) atoms. The molecule has 0 spiro atoms. The fourth-order valence-corrected chi connectivity index (χ4v) is 2.23. The third-order valence-electron chi connectivity index (χ3n) is 3.16. The Labute approximate surface area is 134 Å². The van der Waals surface area contributed by atoms with Gasteiger partial charge in [-0.05, 0) is 36.2 Å². The topological polar surface area (TPSA) is 33.2 Å². The number of benzene rings is 1. The number of halogens is 2. The van der Waals surface area contributed by atoms with E-state index in [0.29, 0.717) is 23.0 Å². The quantitative estimate of drug-likeness (QED) is 0.855. The van der Waals surface area contributed by atoms with Gasteiger partial charge in [0.1, 0.15) is 0 Å². The normalized spacial score (nSPS) is 10.5. The Balaban J connectivity index is 1.98. The number of hydrogen-bond acceptors (Lipinski definition) is 2. The number of aryl methyl sites for hydroxylation is 1. The van der Waals surface area contributed by atoms with Crippen molar-refractivity contribution in [1.29, 1.82) is 0 Å². The van der Waals surface area contributed by atoms with Crippen LogP contribution in [0.1, 0.15) is 16.8 Å². The molecule has 0 bridgehead atoms. The molecule has 110 valence electrons. The van der Waals surface area contributed by atoms with Gasteiger partial charge in [-0.15, -0.1) is 0 Å². The minimum atomic E-state index is 0.0340. The predicted molar refractivity (Wildman–Crippen MR) is 85.6 cm³/mol. The summed E-state index contributed by atoms with van der Waals surface area (Å²) >= 11 is 11.9. The number of rotatable bonds is 4. The van der Waals surface area contributed by atoms with E-state index in [1.54, 1.807) is 30.3 Å². The molecule has 0 atom stereocenters. The molecule has 0 aliphatic heterocycles. The molecule has 1 amide bonds. The van der Waals surface area contributed by atoms with E-state index in [-0.39, 0.29) is 5.91 Å². The van der Waals surface area contributed by atoms with Gasteiger partial charge in [-0.1, -0.05) is 35.3 Å². The Hall–Kier alpha value is -1.58. The summed E-state index contributed by atoms with van der Waals surface area (Å²) in [6.45, 7) is 2.41. The average Bonchev–Trinajstić information content (AvgIpc) is 2.45. The number of amides is 1. The molecule has 5 heteroatoms. The third-order valence-corrected chi connectivity index (χ3v) is 3.90. The zero-order chi connectivity index (χ0) is 15.4. The van der Waals surface area contributed by atoms with Gasteiger partial charge < -0.3 is 4.90 Å². The molecule has 3 nitrogen and oxygen atoms in total. The monoisotopic (exact) mass is 322 g/mol. The first kappa shape index (κ1) is 15.8. The van der Waals surface area contributed by atoms with Crippen LogP contribution in [0.2, 0.25) is 10.0 Å². The van der Waals surface area contributed by atoms with Crippen molar-refractivity contribution in [2.45, 2.75) is 19.9 Å². The number of carbonyl (C=O) groups is 1. The van der Waals surface area contributed by atoms with Gasteiger partial charge in [0.25, 0.3) is 0 Å². The Morgan fingerprint density at radius 3 is 2.48 bits per heavy atom. The van der Waals surface area contributed by atoms with Gasteiger partial charge in [0.15, 0.2) is 0 Å². The summed E-state index contributed by atoms with van der Waals surface area (Å²) in [4.78, 5) is 18.1. The molecular formula is C16H16Cl2N2O. The molecule has 0 N–H and O–H groups in total. The van der Waals surface area contributed by atoms with Gasteiger partial charge in [0, 0.05) is 25.5 Å². The molecule has 1 aromatic carbocycles. The lowest BCUT2D eigenvalue weighted by Gasteiger charge is -2.17. The van der Waals surface area contributed by atoms with Crippen LogP contribution in [0.15, 0.2) is 36.5 Å². The molecule has 0 radical (unpaired) electrons. The molecule has 0 fully saturated rings. The van der Waals surface area contributed by atoms with Gasteiger partial charge >= 0.3 is 0 Å². The Kier molecular flexibility index (Phi) is 5.21. The van der Waals surface area contributed by atoms with E-state index in [2.05, 4.69) is 4.98 Å². The van der Waals surface area contributed by atoms with Gasteiger partial charge in [0.05, 0.1) is 16.5 Å². The molecule has 0 unspecified atom stereocenters. The first-order valence-corrected chi connectivity index (χ1v) is 7.30. The fraction of sp³-hybridized carbons (Fsp3) is 0.250. The van der Waals surface area contributed by atoms with Gasteiger partial charge in [-0.25, -0.2) is 0 Å². The number of pyridine rings is 1. The van der Waals surface area contributed by atoms with Crippen LogP contribution in [0.5, 0.6) is 0 Å². The van der Waals surface area contributed by atoms with Crippen LogP contribution in [0, 0.1) is 6.92 Å². The van der Waals surface area contributed by atoms with Crippen molar-refractivity contribution < 1.29 is 4.79 Å². The summed E-state index contributed by atoms with van der Waals surface area (Å²) in [6.07, 6.45) is 2.07. The standard InChI is InChI=1S/C16H16Cl2N2O/c1-11-3-4-12(9-19-11)8-16(21)20(2)10-13-5-6-14(17)15(18)7-13/h3-7,9H,8,10H2,1-2H3. The number of carbonyl (C=O) groups excluding carboxylic acids is 1. The Morgan fingerprint density at radius 1 is 1.14 bits per heavy atom. The SMILES string of the molecule is Cc1ccc(CC(=O)N(C)Cc2ccc(Cl)c(Cl)c2)cn1. The highest BCUT2D eigenvalue weighted by Crippen LogP contribution is 2.23. The lowest BCUT2D eigenvalue weighted by Crippen LogP contribution is -2.27. The van der Waals surface area contributed by atoms with Crippen molar-refractivity contribution in [2.24, 2.45) is 0 Å². The molecular weight excluding hydrogens is 307 g/mol. The second-order valence-corrected chi connectivity index (χ2v) is 5.80. The molecule has 0 aliphatic rings. The summed E-state index contributed by atoms with van der Waals surface area (Å²) in [7, 11) is 1.77. The average molecular weight is 323 g/mol. The lowest BCUT2D eigenvalue weighted by atomic mass is 10.1. The van der Waals surface area contributed by atoms with Crippen molar-refractivity contribution in [2.75, 3.05) is 7.05 Å². The van der Waals surface area contributed by atoms with Crippen LogP contribution in [-0.4, -0.2) is 22.8 Å². The largest absolute Gasteiger partial charge is 0.341 e. The third kappa shape index (κ3) is 4.45. The summed E-state index contributed by atoms with van der Waals surface area (Å²) < 4.78 is 0. The lowest BCUT2D eigenvalue weighted by molar-refractivity contribution is -0.129. The minimum absolute atomic E-state index is 0.0340. The summed E-state index contributed by atoms with van der Waals surface area (Å²) in [5, 5.41) is 1.01. The maximum Gasteiger partial charge on any atom is 0.227 e. The minimum Gasteiger partial charge on any atom is -0.341 e. The molecule has 0 aliphatic carbocycles. The van der Waals surface area contributed by atoms with Crippen LogP contribution in [0.25, 0.3) is 0 Å². The van der Waals surface area contributed by atoms with E-state index in [4.69, 9.17) is 23.2 Å². The maximum atomic E-state index is 12.2. The van der Waals surface area contributed by atoms with Gasteiger partial charge in [-0.3, -0.25) is 9.78 Å². The van der Waals surface area contributed by atoms with Crippen LogP contribution in [0.3, 0.4) is 0 Å². The predicted octanol–water partition coefficient (Wildman–Crippen LogP) is 3.90. The molecule has 2 rings (SSSR count). The fourth-order valence-electron chi connectivity index (χ4n) is 1.91. The molecule has 1 heterocycles. The van der Waals surface area contributed by atoms with Crippen molar-refractivity contribution in [3.05, 3.63) is 63.4 Å². The highest BCUT2D eigenvalue weighted by molar-refractivity contribution is 6.42. The highest BCUT2D eigenvalue weighted by atomic mass is 35.5. The van der Waals surface area contributed by atoms with Gasteiger partial charge in [-0.2, -0.15) is 0 Å². The second kappa shape index (κ2) is 6.92.